The predicted octanol–water partition coefficient (Wildman–Crippen LogP) is 4.40. The largest absolute Gasteiger partial charge is 0.333 e. The molecule has 1 saturated heterocycles. The minimum atomic E-state index is 0.196. The van der Waals surface area contributed by atoms with Crippen molar-refractivity contribution in [2.24, 2.45) is 5.92 Å². The van der Waals surface area contributed by atoms with E-state index in [1.807, 2.05) is 12.1 Å². The highest BCUT2D eigenvalue weighted by Crippen LogP contribution is 2.36. The molecule has 0 spiro atoms. The molecule has 0 N–H and O–H groups in total. The molecule has 1 fully saturated rings. The van der Waals surface area contributed by atoms with Gasteiger partial charge < -0.3 is 4.90 Å². The Hall–Kier alpha value is -1.42. The Morgan fingerprint density at radius 3 is 3.00 bits per heavy atom. The van der Waals surface area contributed by atoms with Gasteiger partial charge in [-0.2, -0.15) is 0 Å². The molecule has 0 saturated carbocycles. The molecule has 3 rings (SSSR count). The van der Waals surface area contributed by atoms with E-state index in [2.05, 4.69) is 30.9 Å². The zero-order chi connectivity index (χ0) is 14.8. The third-order valence-electron chi connectivity index (χ3n) is 4.10. The van der Waals surface area contributed by atoms with Gasteiger partial charge in [0.05, 0.1) is 16.3 Å². The number of carbonyl (C=O) groups excluding carboxylic acids is 1. The SMILES string of the molecule is CC(C)CCC(=O)N1CCCC1c1nc2ccccc2s1. The molecule has 3 nitrogen and oxygen atoms in total. The van der Waals surface area contributed by atoms with E-state index in [0.717, 1.165) is 36.3 Å². The Kier molecular flexibility index (Phi) is 4.24. The Balaban J connectivity index is 1.78. The summed E-state index contributed by atoms with van der Waals surface area (Å²) in [5.74, 6) is 0.878. The second kappa shape index (κ2) is 6.14. The highest BCUT2D eigenvalue weighted by Gasteiger charge is 2.31. The van der Waals surface area contributed by atoms with Crippen LogP contribution in [0.5, 0.6) is 0 Å². The minimum Gasteiger partial charge on any atom is -0.333 e. The smallest absolute Gasteiger partial charge is 0.223 e. The third kappa shape index (κ3) is 3.10. The molecular weight excluding hydrogens is 280 g/mol. The number of aromatic nitrogens is 1. The van der Waals surface area contributed by atoms with Crippen LogP contribution in [0.3, 0.4) is 0 Å². The van der Waals surface area contributed by atoms with E-state index in [0.29, 0.717) is 18.2 Å². The van der Waals surface area contributed by atoms with Crippen molar-refractivity contribution in [3.63, 3.8) is 0 Å². The van der Waals surface area contributed by atoms with Crippen molar-refractivity contribution in [2.75, 3.05) is 6.54 Å². The van der Waals surface area contributed by atoms with Gasteiger partial charge in [0, 0.05) is 13.0 Å². The van der Waals surface area contributed by atoms with Gasteiger partial charge in [0.25, 0.3) is 0 Å². The van der Waals surface area contributed by atoms with Gasteiger partial charge >= 0.3 is 0 Å². The summed E-state index contributed by atoms with van der Waals surface area (Å²) in [4.78, 5) is 19.3. The van der Waals surface area contributed by atoms with Crippen molar-refractivity contribution >= 4 is 27.5 Å². The first kappa shape index (κ1) is 14.5. The summed E-state index contributed by atoms with van der Waals surface area (Å²) in [5, 5.41) is 1.10. The Labute approximate surface area is 130 Å². The van der Waals surface area contributed by atoms with Crippen molar-refractivity contribution in [3.05, 3.63) is 29.3 Å². The van der Waals surface area contributed by atoms with E-state index in [1.165, 1.54) is 4.70 Å². The molecule has 4 heteroatoms. The minimum absolute atomic E-state index is 0.196. The fraction of sp³-hybridized carbons (Fsp3) is 0.529. The van der Waals surface area contributed by atoms with Crippen LogP contribution < -0.4 is 0 Å². The van der Waals surface area contributed by atoms with Crippen LogP contribution in [0.4, 0.5) is 0 Å². The van der Waals surface area contributed by atoms with E-state index in [1.54, 1.807) is 11.3 Å². The van der Waals surface area contributed by atoms with Crippen LogP contribution in [0.2, 0.25) is 0 Å². The number of para-hydroxylation sites is 1. The zero-order valence-electron chi connectivity index (χ0n) is 12.7. The molecule has 0 radical (unpaired) electrons. The lowest BCUT2D eigenvalue weighted by molar-refractivity contribution is -0.132. The number of rotatable bonds is 4. The molecule has 2 aromatic rings. The van der Waals surface area contributed by atoms with Gasteiger partial charge in [-0.25, -0.2) is 4.98 Å². The van der Waals surface area contributed by atoms with Crippen LogP contribution >= 0.6 is 11.3 Å². The van der Waals surface area contributed by atoms with E-state index in [4.69, 9.17) is 4.98 Å². The number of likely N-dealkylation sites (tertiary alicyclic amines) is 1. The Morgan fingerprint density at radius 1 is 1.43 bits per heavy atom. The lowest BCUT2D eigenvalue weighted by Gasteiger charge is -2.23. The first-order chi connectivity index (χ1) is 10.1. The second-order valence-corrected chi connectivity index (χ2v) is 7.26. The van der Waals surface area contributed by atoms with Gasteiger partial charge in [-0.1, -0.05) is 26.0 Å². The number of carbonyl (C=O) groups is 1. The first-order valence-electron chi connectivity index (χ1n) is 7.80. The normalized spacial score (nSPS) is 18.8. The quantitative estimate of drug-likeness (QED) is 0.839. The molecule has 1 aromatic heterocycles. The van der Waals surface area contributed by atoms with Crippen molar-refractivity contribution in [3.8, 4) is 0 Å². The van der Waals surface area contributed by atoms with Crippen LogP contribution in [0.1, 0.15) is 50.6 Å². The molecule has 1 aliphatic heterocycles. The van der Waals surface area contributed by atoms with Crippen LogP contribution in [0, 0.1) is 5.92 Å². The molecule has 1 atom stereocenters. The van der Waals surface area contributed by atoms with Crippen LogP contribution in [0.25, 0.3) is 10.2 Å². The Bertz CT molecular complexity index is 602. The molecule has 1 aromatic carbocycles. The molecule has 1 amide bonds. The van der Waals surface area contributed by atoms with Gasteiger partial charge in [-0.15, -0.1) is 11.3 Å². The van der Waals surface area contributed by atoms with Crippen molar-refractivity contribution < 1.29 is 4.79 Å². The van der Waals surface area contributed by atoms with E-state index in [-0.39, 0.29) is 6.04 Å². The summed E-state index contributed by atoms with van der Waals surface area (Å²) in [7, 11) is 0. The Morgan fingerprint density at radius 2 is 2.24 bits per heavy atom. The molecule has 2 heterocycles. The average Bonchev–Trinajstić information content (AvgIpc) is 3.10. The molecule has 0 aliphatic carbocycles. The second-order valence-electron chi connectivity index (χ2n) is 6.20. The summed E-state index contributed by atoms with van der Waals surface area (Å²) in [6.45, 7) is 5.22. The molecule has 0 bridgehead atoms. The van der Waals surface area contributed by atoms with Gasteiger partial charge in [-0.05, 0) is 37.3 Å². The maximum Gasteiger partial charge on any atom is 0.223 e. The predicted molar refractivity (Wildman–Crippen MR) is 87.4 cm³/mol. The topological polar surface area (TPSA) is 33.2 Å². The maximum absolute atomic E-state index is 12.5. The number of fused-ring (bicyclic) bond motifs is 1. The summed E-state index contributed by atoms with van der Waals surface area (Å²) >= 11 is 1.74. The zero-order valence-corrected chi connectivity index (χ0v) is 13.5. The van der Waals surface area contributed by atoms with Crippen molar-refractivity contribution in [2.45, 2.75) is 45.6 Å². The lowest BCUT2D eigenvalue weighted by Crippen LogP contribution is -2.30. The van der Waals surface area contributed by atoms with E-state index < -0.39 is 0 Å². The number of amides is 1. The fourth-order valence-electron chi connectivity index (χ4n) is 2.91. The van der Waals surface area contributed by atoms with Gasteiger partial charge in [0.2, 0.25) is 5.91 Å². The lowest BCUT2D eigenvalue weighted by atomic mass is 10.1. The highest BCUT2D eigenvalue weighted by molar-refractivity contribution is 7.18. The van der Waals surface area contributed by atoms with Gasteiger partial charge in [-0.3, -0.25) is 4.79 Å². The number of hydrogen-bond donors (Lipinski definition) is 0. The number of thiazole rings is 1. The molecular formula is C17H22N2OS. The summed E-state index contributed by atoms with van der Waals surface area (Å²) in [5.41, 5.74) is 1.05. The van der Waals surface area contributed by atoms with E-state index in [9.17, 15) is 4.79 Å². The molecule has 112 valence electrons. The molecule has 1 unspecified atom stereocenters. The summed E-state index contributed by atoms with van der Waals surface area (Å²) < 4.78 is 1.22. The van der Waals surface area contributed by atoms with Crippen LogP contribution in [0.15, 0.2) is 24.3 Å². The third-order valence-corrected chi connectivity index (χ3v) is 5.24. The van der Waals surface area contributed by atoms with Gasteiger partial charge in [0.1, 0.15) is 5.01 Å². The number of benzene rings is 1. The highest BCUT2D eigenvalue weighted by atomic mass is 32.1. The first-order valence-corrected chi connectivity index (χ1v) is 8.61. The van der Waals surface area contributed by atoms with Crippen molar-refractivity contribution in [1.82, 2.24) is 9.88 Å². The number of nitrogens with zero attached hydrogens (tertiary/aromatic N) is 2. The standard InChI is InChI=1S/C17H22N2OS/c1-12(2)9-10-16(20)19-11-5-7-14(19)17-18-13-6-3-4-8-15(13)21-17/h3-4,6,8,12,14H,5,7,9-11H2,1-2H3. The van der Waals surface area contributed by atoms with Gasteiger partial charge in [0.15, 0.2) is 0 Å². The van der Waals surface area contributed by atoms with Crippen LogP contribution in [-0.4, -0.2) is 22.3 Å². The average molecular weight is 302 g/mol. The monoisotopic (exact) mass is 302 g/mol. The van der Waals surface area contributed by atoms with Crippen LogP contribution in [-0.2, 0) is 4.79 Å². The summed E-state index contributed by atoms with van der Waals surface area (Å²) in [6, 6.07) is 8.42. The fourth-order valence-corrected chi connectivity index (χ4v) is 4.03. The van der Waals surface area contributed by atoms with Crippen molar-refractivity contribution in [1.29, 1.82) is 0 Å². The van der Waals surface area contributed by atoms with E-state index >= 15 is 0 Å². The number of hydrogen-bond acceptors (Lipinski definition) is 3. The maximum atomic E-state index is 12.5. The molecule has 1 aliphatic rings. The summed E-state index contributed by atoms with van der Waals surface area (Å²) in [6.07, 6.45) is 3.78. The molecule has 21 heavy (non-hydrogen) atoms.